The second-order valence-corrected chi connectivity index (χ2v) is 7.58. The van der Waals surface area contributed by atoms with Gasteiger partial charge in [-0.3, -0.25) is 0 Å². The highest BCUT2D eigenvalue weighted by molar-refractivity contribution is 7.10. The Bertz CT molecular complexity index is 619. The maximum atomic E-state index is 14.2. The summed E-state index contributed by atoms with van der Waals surface area (Å²) in [5.74, 6) is 0. The average Bonchev–Trinajstić information content (AvgIpc) is 3.07. The second kappa shape index (κ2) is 5.41. The fourth-order valence-electron chi connectivity index (χ4n) is 2.61. The molecule has 0 spiro atoms. The molecule has 2 nitrogen and oxygen atoms in total. The van der Waals surface area contributed by atoms with Gasteiger partial charge in [-0.05, 0) is 25.0 Å². The summed E-state index contributed by atoms with van der Waals surface area (Å²) in [4.78, 5) is 6.89. The lowest BCUT2D eigenvalue weighted by atomic mass is 9.98. The molecule has 21 heavy (non-hydrogen) atoms. The Morgan fingerprint density at radius 3 is 2.24 bits per heavy atom. The number of halogens is 1. The van der Waals surface area contributed by atoms with Crippen LogP contribution in [0.3, 0.4) is 0 Å². The van der Waals surface area contributed by atoms with Crippen molar-refractivity contribution < 1.29 is 4.39 Å². The fourth-order valence-corrected chi connectivity index (χ4v) is 3.48. The first-order valence-electron chi connectivity index (χ1n) is 7.47. The van der Waals surface area contributed by atoms with Crippen molar-refractivity contribution in [2.45, 2.75) is 39.0 Å². The van der Waals surface area contributed by atoms with Crippen LogP contribution < -0.4 is 4.90 Å². The Kier molecular flexibility index (Phi) is 3.74. The fraction of sp³-hybridized carbons (Fsp3) is 0.471. The average molecular weight is 304 g/mol. The Morgan fingerprint density at radius 1 is 1.10 bits per heavy atom. The van der Waals surface area contributed by atoms with E-state index in [0.717, 1.165) is 35.0 Å². The molecule has 0 aliphatic carbocycles. The van der Waals surface area contributed by atoms with Gasteiger partial charge in [0.05, 0.1) is 0 Å². The lowest BCUT2D eigenvalue weighted by Crippen LogP contribution is -2.17. The number of anilines is 1. The summed E-state index contributed by atoms with van der Waals surface area (Å²) in [7, 11) is 0. The van der Waals surface area contributed by atoms with Gasteiger partial charge in [0.25, 0.3) is 0 Å². The predicted molar refractivity (Wildman–Crippen MR) is 87.7 cm³/mol. The van der Waals surface area contributed by atoms with Crippen molar-refractivity contribution in [3.05, 3.63) is 34.4 Å². The zero-order valence-electron chi connectivity index (χ0n) is 12.8. The molecule has 3 rings (SSSR count). The van der Waals surface area contributed by atoms with E-state index in [0.29, 0.717) is 5.69 Å². The molecule has 0 saturated carbocycles. The molecular formula is C17H21FN2S. The van der Waals surface area contributed by atoms with Gasteiger partial charge >= 0.3 is 0 Å². The third-order valence-corrected chi connectivity index (χ3v) is 5.11. The Morgan fingerprint density at radius 2 is 1.71 bits per heavy atom. The van der Waals surface area contributed by atoms with Gasteiger partial charge in [-0.25, -0.2) is 4.98 Å². The highest BCUT2D eigenvalue weighted by Crippen LogP contribution is 2.34. The quantitative estimate of drug-likeness (QED) is 0.788. The van der Waals surface area contributed by atoms with Gasteiger partial charge in [-0.2, -0.15) is 4.39 Å². The third kappa shape index (κ3) is 2.95. The van der Waals surface area contributed by atoms with Crippen molar-refractivity contribution in [3.63, 3.8) is 0 Å². The predicted octanol–water partition coefficient (Wildman–Crippen LogP) is 4.85. The summed E-state index contributed by atoms with van der Waals surface area (Å²) in [6, 6.07) is 8.13. The third-order valence-electron chi connectivity index (χ3n) is 3.84. The van der Waals surface area contributed by atoms with Gasteiger partial charge in [0.15, 0.2) is 0 Å². The van der Waals surface area contributed by atoms with E-state index in [4.69, 9.17) is 0 Å². The maximum Gasteiger partial charge on any atom is 0.204 e. The van der Waals surface area contributed by atoms with Crippen LogP contribution in [0.15, 0.2) is 24.3 Å². The first-order chi connectivity index (χ1) is 9.95. The molecule has 112 valence electrons. The van der Waals surface area contributed by atoms with E-state index in [1.807, 2.05) is 12.1 Å². The zero-order chi connectivity index (χ0) is 15.0. The van der Waals surface area contributed by atoms with Gasteiger partial charge in [0.2, 0.25) is 5.13 Å². The van der Waals surface area contributed by atoms with E-state index >= 15 is 0 Å². The molecule has 1 fully saturated rings. The zero-order valence-corrected chi connectivity index (χ0v) is 13.6. The van der Waals surface area contributed by atoms with Crippen LogP contribution in [0.4, 0.5) is 10.1 Å². The lowest BCUT2D eigenvalue weighted by Gasteiger charge is -2.17. The molecule has 0 unspecified atom stereocenters. The first kappa shape index (κ1) is 14.5. The molecule has 0 N–H and O–H groups in total. The number of rotatable bonds is 2. The van der Waals surface area contributed by atoms with Crippen LogP contribution in [-0.4, -0.2) is 18.1 Å². The van der Waals surface area contributed by atoms with Gasteiger partial charge < -0.3 is 4.90 Å². The smallest absolute Gasteiger partial charge is 0.204 e. The Labute approximate surface area is 129 Å². The first-order valence-corrected chi connectivity index (χ1v) is 8.29. The van der Waals surface area contributed by atoms with E-state index < -0.39 is 0 Å². The molecule has 0 radical (unpaired) electrons. The molecule has 1 aromatic carbocycles. The van der Waals surface area contributed by atoms with E-state index in [1.165, 1.54) is 18.5 Å². The molecule has 2 heterocycles. The largest absolute Gasteiger partial charge is 0.372 e. The van der Waals surface area contributed by atoms with Gasteiger partial charge in [0, 0.05) is 29.8 Å². The van der Waals surface area contributed by atoms with Crippen molar-refractivity contribution in [3.8, 4) is 11.3 Å². The highest BCUT2D eigenvalue weighted by atomic mass is 32.1. The monoisotopic (exact) mass is 304 g/mol. The molecule has 0 amide bonds. The standard InChI is InChI=1S/C17H21FN2S/c1-17(2,3)16-19-14(15(18)21-16)12-6-8-13(9-7-12)20-10-4-5-11-20/h6-9H,4-5,10-11H2,1-3H3. The molecule has 1 aliphatic rings. The van der Waals surface area contributed by atoms with Crippen LogP contribution in [0.25, 0.3) is 11.3 Å². The summed E-state index contributed by atoms with van der Waals surface area (Å²) in [6.45, 7) is 8.43. The summed E-state index contributed by atoms with van der Waals surface area (Å²) < 4.78 is 14.2. The van der Waals surface area contributed by atoms with Crippen molar-refractivity contribution in [1.82, 2.24) is 4.98 Å². The van der Waals surface area contributed by atoms with Crippen molar-refractivity contribution in [2.75, 3.05) is 18.0 Å². The SMILES string of the molecule is CC(C)(C)c1nc(-c2ccc(N3CCCC3)cc2)c(F)s1. The van der Waals surface area contributed by atoms with Crippen LogP contribution in [0.2, 0.25) is 0 Å². The number of nitrogens with zero attached hydrogens (tertiary/aromatic N) is 2. The normalized spacial score (nSPS) is 15.7. The van der Waals surface area contributed by atoms with Crippen molar-refractivity contribution in [2.24, 2.45) is 0 Å². The van der Waals surface area contributed by atoms with Gasteiger partial charge in [-0.15, -0.1) is 0 Å². The van der Waals surface area contributed by atoms with Crippen LogP contribution in [0.1, 0.15) is 38.6 Å². The minimum Gasteiger partial charge on any atom is -0.372 e. The van der Waals surface area contributed by atoms with Crippen LogP contribution >= 0.6 is 11.3 Å². The van der Waals surface area contributed by atoms with E-state index in [2.05, 4.69) is 42.8 Å². The minimum absolute atomic E-state index is 0.112. The molecule has 1 aliphatic heterocycles. The maximum absolute atomic E-state index is 14.2. The Balaban J connectivity index is 1.88. The summed E-state index contributed by atoms with van der Waals surface area (Å²) in [5, 5.41) is 0.660. The lowest BCUT2D eigenvalue weighted by molar-refractivity contribution is 0.586. The number of aromatic nitrogens is 1. The molecule has 1 aromatic heterocycles. The number of benzene rings is 1. The molecule has 1 saturated heterocycles. The van der Waals surface area contributed by atoms with Gasteiger partial charge in [0.1, 0.15) is 10.7 Å². The van der Waals surface area contributed by atoms with Crippen molar-refractivity contribution in [1.29, 1.82) is 0 Å². The van der Waals surface area contributed by atoms with Crippen LogP contribution in [0, 0.1) is 5.13 Å². The summed E-state index contributed by atoms with van der Waals surface area (Å²) in [6.07, 6.45) is 2.52. The van der Waals surface area contributed by atoms with Crippen LogP contribution in [-0.2, 0) is 5.41 Å². The topological polar surface area (TPSA) is 16.1 Å². The highest BCUT2D eigenvalue weighted by Gasteiger charge is 2.22. The second-order valence-electron chi connectivity index (χ2n) is 6.63. The van der Waals surface area contributed by atoms with Gasteiger partial charge in [-0.1, -0.05) is 44.2 Å². The molecule has 4 heteroatoms. The van der Waals surface area contributed by atoms with E-state index in [-0.39, 0.29) is 10.5 Å². The van der Waals surface area contributed by atoms with E-state index in [9.17, 15) is 4.39 Å². The minimum atomic E-state index is -0.186. The molecule has 0 bridgehead atoms. The van der Waals surface area contributed by atoms with Crippen molar-refractivity contribution >= 4 is 17.0 Å². The number of hydrogen-bond donors (Lipinski definition) is 0. The molecular weight excluding hydrogens is 283 g/mol. The van der Waals surface area contributed by atoms with E-state index in [1.54, 1.807) is 0 Å². The van der Waals surface area contributed by atoms with Crippen LogP contribution in [0.5, 0.6) is 0 Å². The summed E-state index contributed by atoms with van der Waals surface area (Å²) >= 11 is 1.16. The molecule has 0 atom stereocenters. The summed E-state index contributed by atoms with van der Waals surface area (Å²) in [5.41, 5.74) is 2.46. The Hall–Kier alpha value is -1.42. The molecule has 2 aromatic rings. The number of thiazole rings is 1. The number of hydrogen-bond acceptors (Lipinski definition) is 3.